The van der Waals surface area contributed by atoms with Crippen molar-refractivity contribution in [3.63, 3.8) is 0 Å². The molecule has 0 atom stereocenters. The minimum atomic E-state index is -0.342. The average molecular weight is 309 g/mol. The van der Waals surface area contributed by atoms with E-state index in [9.17, 15) is 4.79 Å². The number of hydrogen-bond donors (Lipinski definition) is 3. The molecule has 0 aliphatic rings. The van der Waals surface area contributed by atoms with Crippen LogP contribution in [0.4, 0.5) is 0 Å². The molecule has 0 fully saturated rings. The predicted molar refractivity (Wildman–Crippen MR) is 85.2 cm³/mol. The lowest BCUT2D eigenvalue weighted by atomic mass is 10.3. The quantitative estimate of drug-likeness (QED) is 0.416. The number of methoxy groups -OCH3 is 1. The van der Waals surface area contributed by atoms with Crippen LogP contribution in [0, 0.1) is 0 Å². The molecule has 0 aliphatic heterocycles. The predicted octanol–water partition coefficient (Wildman–Crippen LogP) is 1.15. The maximum Gasteiger partial charge on any atom is 0.276 e. The van der Waals surface area contributed by atoms with E-state index in [1.165, 1.54) is 0 Å². The molecular formula is C14H19N3O3S. The highest BCUT2D eigenvalue weighted by Crippen LogP contribution is 2.16. The number of hydrazine groups is 1. The summed E-state index contributed by atoms with van der Waals surface area (Å²) in [6, 6.07) is 6.95. The number of benzene rings is 1. The average Bonchev–Trinajstić information content (AvgIpc) is 2.49. The van der Waals surface area contributed by atoms with Crippen molar-refractivity contribution in [1.29, 1.82) is 0 Å². The van der Waals surface area contributed by atoms with Crippen LogP contribution in [0.3, 0.4) is 0 Å². The summed E-state index contributed by atoms with van der Waals surface area (Å²) in [4.78, 5) is 11.6. The van der Waals surface area contributed by atoms with Crippen LogP contribution >= 0.6 is 12.2 Å². The Morgan fingerprint density at radius 1 is 1.24 bits per heavy atom. The van der Waals surface area contributed by atoms with E-state index in [1.54, 1.807) is 31.4 Å². The van der Waals surface area contributed by atoms with E-state index >= 15 is 0 Å². The minimum absolute atomic E-state index is 0.123. The first-order valence-electron chi connectivity index (χ1n) is 6.25. The Balaban J connectivity index is 2.24. The Labute approximate surface area is 129 Å². The number of amides is 1. The summed E-state index contributed by atoms with van der Waals surface area (Å²) in [5.74, 6) is 0.960. The molecule has 3 N–H and O–H groups in total. The molecule has 1 amide bonds. The SMILES string of the molecule is C=C(C)CNC(=S)NNC(=O)COc1ccc(OC)cc1. The van der Waals surface area contributed by atoms with Crippen molar-refractivity contribution in [2.75, 3.05) is 20.3 Å². The fraction of sp³-hybridized carbons (Fsp3) is 0.286. The second-order valence-electron chi connectivity index (χ2n) is 4.28. The van der Waals surface area contributed by atoms with Gasteiger partial charge in [-0.1, -0.05) is 12.2 Å². The third-order valence-corrected chi connectivity index (χ3v) is 2.54. The van der Waals surface area contributed by atoms with E-state index in [0.717, 1.165) is 11.3 Å². The highest BCUT2D eigenvalue weighted by molar-refractivity contribution is 7.80. The Morgan fingerprint density at radius 2 is 1.86 bits per heavy atom. The maximum atomic E-state index is 11.6. The molecule has 0 aromatic heterocycles. The maximum absolute atomic E-state index is 11.6. The molecule has 0 saturated heterocycles. The largest absolute Gasteiger partial charge is 0.497 e. The van der Waals surface area contributed by atoms with Crippen LogP contribution in [0.25, 0.3) is 0 Å². The second kappa shape index (κ2) is 8.80. The van der Waals surface area contributed by atoms with Crippen molar-refractivity contribution in [2.45, 2.75) is 6.92 Å². The Morgan fingerprint density at radius 3 is 2.43 bits per heavy atom. The van der Waals surface area contributed by atoms with Crippen LogP contribution in [-0.2, 0) is 4.79 Å². The van der Waals surface area contributed by atoms with Gasteiger partial charge in [-0.05, 0) is 43.4 Å². The Kier molecular flexibility index (Phi) is 7.03. The molecule has 1 aromatic rings. The van der Waals surface area contributed by atoms with Crippen molar-refractivity contribution >= 4 is 23.2 Å². The van der Waals surface area contributed by atoms with E-state index in [-0.39, 0.29) is 12.5 Å². The number of carbonyl (C=O) groups excluding carboxylic acids is 1. The first kappa shape index (κ1) is 16.8. The van der Waals surface area contributed by atoms with Crippen LogP contribution in [0.1, 0.15) is 6.92 Å². The van der Waals surface area contributed by atoms with Crippen LogP contribution in [0.15, 0.2) is 36.4 Å². The first-order valence-corrected chi connectivity index (χ1v) is 6.66. The fourth-order valence-corrected chi connectivity index (χ4v) is 1.38. The lowest BCUT2D eigenvalue weighted by Crippen LogP contribution is -2.48. The smallest absolute Gasteiger partial charge is 0.276 e. The highest BCUT2D eigenvalue weighted by Gasteiger charge is 2.03. The van der Waals surface area contributed by atoms with E-state index in [0.29, 0.717) is 17.4 Å². The molecule has 0 spiro atoms. The van der Waals surface area contributed by atoms with Crippen LogP contribution < -0.4 is 25.6 Å². The number of rotatable bonds is 6. The van der Waals surface area contributed by atoms with Crippen LogP contribution in [0.5, 0.6) is 11.5 Å². The summed E-state index contributed by atoms with van der Waals surface area (Å²) in [5.41, 5.74) is 5.94. The van der Waals surface area contributed by atoms with Crippen molar-refractivity contribution in [3.8, 4) is 11.5 Å². The minimum Gasteiger partial charge on any atom is -0.497 e. The van der Waals surface area contributed by atoms with Gasteiger partial charge in [0.25, 0.3) is 5.91 Å². The molecule has 7 heteroatoms. The van der Waals surface area contributed by atoms with E-state index in [1.807, 2.05) is 6.92 Å². The highest BCUT2D eigenvalue weighted by atomic mass is 32.1. The Hall–Kier alpha value is -2.28. The summed E-state index contributed by atoms with van der Waals surface area (Å²) in [5, 5.41) is 3.19. The molecule has 0 heterocycles. The van der Waals surface area contributed by atoms with Gasteiger partial charge in [0.05, 0.1) is 7.11 Å². The van der Waals surface area contributed by atoms with Gasteiger partial charge in [0.15, 0.2) is 11.7 Å². The van der Waals surface area contributed by atoms with Gasteiger partial charge in [-0.15, -0.1) is 0 Å². The zero-order valence-electron chi connectivity index (χ0n) is 12.1. The molecule has 6 nitrogen and oxygen atoms in total. The Bertz CT molecular complexity index is 503. The van der Waals surface area contributed by atoms with Crippen LogP contribution in [0.2, 0.25) is 0 Å². The van der Waals surface area contributed by atoms with Crippen molar-refractivity contribution in [2.24, 2.45) is 0 Å². The summed E-state index contributed by atoms with van der Waals surface area (Å²) in [7, 11) is 1.58. The molecule has 1 aromatic carbocycles. The standard InChI is InChI=1S/C14H19N3O3S/c1-10(2)8-15-14(21)17-16-13(18)9-20-12-6-4-11(19-3)5-7-12/h4-7H,1,8-9H2,2-3H3,(H,16,18)(H2,15,17,21). The number of thiocarbonyl (C=S) groups is 1. The zero-order chi connectivity index (χ0) is 15.7. The summed E-state index contributed by atoms with van der Waals surface area (Å²) in [6.45, 7) is 6.03. The molecule has 0 bridgehead atoms. The van der Waals surface area contributed by atoms with Crippen molar-refractivity contribution in [1.82, 2.24) is 16.2 Å². The topological polar surface area (TPSA) is 71.6 Å². The normalized spacial score (nSPS) is 9.43. The van der Waals surface area contributed by atoms with E-state index < -0.39 is 0 Å². The zero-order valence-corrected chi connectivity index (χ0v) is 12.9. The van der Waals surface area contributed by atoms with Gasteiger partial charge in [0.2, 0.25) is 0 Å². The van der Waals surface area contributed by atoms with Crippen molar-refractivity contribution in [3.05, 3.63) is 36.4 Å². The molecule has 0 aliphatic carbocycles. The summed E-state index contributed by atoms with van der Waals surface area (Å²) < 4.78 is 10.3. The van der Waals surface area contributed by atoms with E-state index in [2.05, 4.69) is 22.7 Å². The van der Waals surface area contributed by atoms with Gasteiger partial charge in [0.1, 0.15) is 11.5 Å². The van der Waals surface area contributed by atoms with Gasteiger partial charge in [-0.25, -0.2) is 0 Å². The molecule has 0 saturated carbocycles. The summed E-state index contributed by atoms with van der Waals surface area (Å²) >= 11 is 4.96. The number of hydrogen-bond acceptors (Lipinski definition) is 4. The second-order valence-corrected chi connectivity index (χ2v) is 4.69. The van der Waals surface area contributed by atoms with Gasteiger partial charge in [-0.3, -0.25) is 15.6 Å². The molecule has 21 heavy (non-hydrogen) atoms. The third-order valence-electron chi connectivity index (χ3n) is 2.30. The number of carbonyl (C=O) groups is 1. The van der Waals surface area contributed by atoms with Gasteiger partial charge >= 0.3 is 0 Å². The molecule has 1 rings (SSSR count). The van der Waals surface area contributed by atoms with Crippen LogP contribution in [-0.4, -0.2) is 31.3 Å². The third kappa shape index (κ3) is 7.17. The van der Waals surface area contributed by atoms with Gasteiger partial charge in [0, 0.05) is 6.54 Å². The molecule has 114 valence electrons. The summed E-state index contributed by atoms with van der Waals surface area (Å²) in [6.07, 6.45) is 0. The van der Waals surface area contributed by atoms with E-state index in [4.69, 9.17) is 21.7 Å². The molecule has 0 unspecified atom stereocenters. The fourth-order valence-electron chi connectivity index (χ4n) is 1.26. The molecular weight excluding hydrogens is 290 g/mol. The lowest BCUT2D eigenvalue weighted by Gasteiger charge is -2.12. The van der Waals surface area contributed by atoms with Gasteiger partial charge < -0.3 is 14.8 Å². The lowest BCUT2D eigenvalue weighted by molar-refractivity contribution is -0.123. The first-order chi connectivity index (χ1) is 10.0. The molecule has 0 radical (unpaired) electrons. The monoisotopic (exact) mass is 309 g/mol. The van der Waals surface area contributed by atoms with Crippen molar-refractivity contribution < 1.29 is 14.3 Å². The van der Waals surface area contributed by atoms with Gasteiger partial charge in [-0.2, -0.15) is 0 Å². The number of ether oxygens (including phenoxy) is 2. The number of nitrogens with one attached hydrogen (secondary N) is 3.